The van der Waals surface area contributed by atoms with Gasteiger partial charge in [-0.05, 0) is 55.0 Å². The highest BCUT2D eigenvalue weighted by molar-refractivity contribution is 7.99. The molecule has 0 aromatic heterocycles. The Bertz CT molecular complexity index is 930. The van der Waals surface area contributed by atoms with Crippen LogP contribution in [0.3, 0.4) is 0 Å². The lowest BCUT2D eigenvalue weighted by atomic mass is 9.95. The third kappa shape index (κ3) is 7.79. The van der Waals surface area contributed by atoms with Crippen molar-refractivity contribution in [2.45, 2.75) is 76.8 Å². The van der Waals surface area contributed by atoms with E-state index in [9.17, 15) is 9.59 Å². The van der Waals surface area contributed by atoms with Crippen LogP contribution in [0, 0.1) is 6.92 Å². The van der Waals surface area contributed by atoms with E-state index in [1.807, 2.05) is 49.4 Å². The number of nitrogens with zero attached hydrogens (tertiary/aromatic N) is 1. The van der Waals surface area contributed by atoms with Gasteiger partial charge in [0.05, 0.1) is 5.75 Å². The van der Waals surface area contributed by atoms with Gasteiger partial charge in [-0.3, -0.25) is 9.59 Å². The van der Waals surface area contributed by atoms with E-state index >= 15 is 0 Å². The number of amides is 2. The van der Waals surface area contributed by atoms with Gasteiger partial charge in [-0.25, -0.2) is 0 Å². The lowest BCUT2D eigenvalue weighted by Gasteiger charge is -2.33. The fourth-order valence-electron chi connectivity index (χ4n) is 4.40. The molecule has 0 spiro atoms. The predicted octanol–water partition coefficient (Wildman–Crippen LogP) is 6.14. The second-order valence-electron chi connectivity index (χ2n) is 8.84. The molecule has 0 heterocycles. The van der Waals surface area contributed by atoms with E-state index in [2.05, 4.69) is 18.3 Å². The summed E-state index contributed by atoms with van der Waals surface area (Å²) in [6.45, 7) is 4.48. The average Bonchev–Trinajstić information content (AvgIpc) is 2.81. The van der Waals surface area contributed by atoms with E-state index < -0.39 is 6.04 Å². The highest BCUT2D eigenvalue weighted by Crippen LogP contribution is 2.22. The Morgan fingerprint density at radius 3 is 2.58 bits per heavy atom. The highest BCUT2D eigenvalue weighted by Gasteiger charge is 2.30. The second-order valence-corrected chi connectivity index (χ2v) is 10.3. The topological polar surface area (TPSA) is 49.4 Å². The first kappa shape index (κ1) is 25.6. The maximum atomic E-state index is 13.4. The molecule has 1 fully saturated rings. The summed E-state index contributed by atoms with van der Waals surface area (Å²) < 4.78 is 0. The van der Waals surface area contributed by atoms with E-state index in [-0.39, 0.29) is 17.9 Å². The Balaban J connectivity index is 1.71. The fraction of sp³-hybridized carbons (Fsp3) is 0.481. The van der Waals surface area contributed by atoms with E-state index in [4.69, 9.17) is 11.6 Å². The Labute approximate surface area is 207 Å². The molecule has 33 heavy (non-hydrogen) atoms. The molecule has 1 atom stereocenters. The number of aryl methyl sites for hydroxylation is 1. The quantitative estimate of drug-likeness (QED) is 0.439. The Kier molecular flexibility index (Phi) is 10.1. The summed E-state index contributed by atoms with van der Waals surface area (Å²) in [6, 6.07) is 15.6. The molecular weight excluding hydrogens is 452 g/mol. The zero-order valence-electron chi connectivity index (χ0n) is 19.7. The number of hydrogen-bond donors (Lipinski definition) is 1. The standard InChI is InChI=1S/C27H35ClN2O2S/c1-3-25(27(32)29-24-14-5-4-6-15-24)30(17-22-12-8-7-10-20(22)2)26(31)19-33-18-21-11-9-13-23(28)16-21/h7-13,16,24-25H,3-6,14-15,17-19H2,1-2H3,(H,29,32)/t25-/m0/s1. The molecule has 178 valence electrons. The lowest BCUT2D eigenvalue weighted by Crippen LogP contribution is -2.52. The van der Waals surface area contributed by atoms with Gasteiger partial charge in [0.1, 0.15) is 6.04 Å². The molecule has 4 nitrogen and oxygen atoms in total. The van der Waals surface area contributed by atoms with Crippen molar-refractivity contribution in [3.05, 3.63) is 70.2 Å². The van der Waals surface area contributed by atoms with Crippen molar-refractivity contribution in [3.8, 4) is 0 Å². The van der Waals surface area contributed by atoms with Crippen LogP contribution < -0.4 is 5.32 Å². The van der Waals surface area contributed by atoms with Gasteiger partial charge in [-0.15, -0.1) is 11.8 Å². The van der Waals surface area contributed by atoms with Crippen LogP contribution in [0.2, 0.25) is 5.02 Å². The van der Waals surface area contributed by atoms with Gasteiger partial charge in [-0.1, -0.05) is 74.2 Å². The van der Waals surface area contributed by atoms with Crippen LogP contribution in [0.5, 0.6) is 0 Å². The fourth-order valence-corrected chi connectivity index (χ4v) is 5.47. The molecule has 0 radical (unpaired) electrons. The summed E-state index contributed by atoms with van der Waals surface area (Å²) in [5, 5.41) is 3.94. The minimum Gasteiger partial charge on any atom is -0.352 e. The van der Waals surface area contributed by atoms with Gasteiger partial charge in [0.25, 0.3) is 0 Å². The van der Waals surface area contributed by atoms with E-state index in [1.165, 1.54) is 6.42 Å². The van der Waals surface area contributed by atoms with E-state index in [0.717, 1.165) is 42.4 Å². The van der Waals surface area contributed by atoms with Crippen molar-refractivity contribution in [1.82, 2.24) is 10.2 Å². The first-order valence-electron chi connectivity index (χ1n) is 11.9. The number of carbonyl (C=O) groups is 2. The van der Waals surface area contributed by atoms with Crippen molar-refractivity contribution in [3.63, 3.8) is 0 Å². The monoisotopic (exact) mass is 486 g/mol. The zero-order valence-corrected chi connectivity index (χ0v) is 21.3. The SMILES string of the molecule is CC[C@@H](C(=O)NC1CCCCC1)N(Cc1ccccc1C)C(=O)CSCc1cccc(Cl)c1. The largest absolute Gasteiger partial charge is 0.352 e. The van der Waals surface area contributed by atoms with Gasteiger partial charge in [0, 0.05) is 23.4 Å². The third-order valence-corrected chi connectivity index (χ3v) is 7.55. The molecule has 0 aliphatic heterocycles. The van der Waals surface area contributed by atoms with Crippen molar-refractivity contribution < 1.29 is 9.59 Å². The molecule has 1 saturated carbocycles. The average molecular weight is 487 g/mol. The minimum atomic E-state index is -0.467. The van der Waals surface area contributed by atoms with Crippen molar-refractivity contribution in [2.75, 3.05) is 5.75 Å². The van der Waals surface area contributed by atoms with Crippen LogP contribution in [-0.4, -0.2) is 34.6 Å². The molecule has 6 heteroatoms. The van der Waals surface area contributed by atoms with Crippen LogP contribution in [0.25, 0.3) is 0 Å². The maximum Gasteiger partial charge on any atom is 0.243 e. The maximum absolute atomic E-state index is 13.4. The summed E-state index contributed by atoms with van der Waals surface area (Å²) in [5.41, 5.74) is 3.30. The molecule has 0 saturated heterocycles. The molecule has 2 aromatic rings. The number of rotatable bonds is 10. The summed E-state index contributed by atoms with van der Waals surface area (Å²) in [7, 11) is 0. The van der Waals surface area contributed by atoms with Crippen molar-refractivity contribution >= 4 is 35.2 Å². The van der Waals surface area contributed by atoms with Gasteiger partial charge >= 0.3 is 0 Å². The van der Waals surface area contributed by atoms with Gasteiger partial charge in [-0.2, -0.15) is 0 Å². The molecule has 0 unspecified atom stereocenters. The molecule has 1 N–H and O–H groups in total. The Morgan fingerprint density at radius 2 is 1.88 bits per heavy atom. The Morgan fingerprint density at radius 1 is 1.12 bits per heavy atom. The van der Waals surface area contributed by atoms with Gasteiger partial charge in [0.2, 0.25) is 11.8 Å². The number of halogens is 1. The normalized spacial score (nSPS) is 15.1. The molecule has 1 aliphatic rings. The molecule has 3 rings (SSSR count). The summed E-state index contributed by atoms with van der Waals surface area (Å²) in [5.74, 6) is 1.00. The van der Waals surface area contributed by atoms with Crippen LogP contribution in [0.4, 0.5) is 0 Å². The summed E-state index contributed by atoms with van der Waals surface area (Å²) in [6.07, 6.45) is 6.22. The first-order valence-corrected chi connectivity index (χ1v) is 13.5. The molecular formula is C27H35ClN2O2S. The first-order chi connectivity index (χ1) is 16.0. The number of nitrogens with one attached hydrogen (secondary N) is 1. The van der Waals surface area contributed by atoms with Gasteiger partial charge < -0.3 is 10.2 Å². The van der Waals surface area contributed by atoms with E-state index in [0.29, 0.717) is 29.5 Å². The number of benzene rings is 2. The molecule has 0 bridgehead atoms. The van der Waals surface area contributed by atoms with Crippen LogP contribution >= 0.6 is 23.4 Å². The zero-order chi connectivity index (χ0) is 23.6. The number of hydrogen-bond acceptors (Lipinski definition) is 3. The molecule has 2 amide bonds. The second kappa shape index (κ2) is 13.0. The van der Waals surface area contributed by atoms with Crippen LogP contribution in [-0.2, 0) is 21.9 Å². The van der Waals surface area contributed by atoms with Crippen molar-refractivity contribution in [2.24, 2.45) is 0 Å². The van der Waals surface area contributed by atoms with Crippen LogP contribution in [0.1, 0.15) is 62.1 Å². The molecule has 1 aliphatic carbocycles. The van der Waals surface area contributed by atoms with Crippen molar-refractivity contribution in [1.29, 1.82) is 0 Å². The molecule has 2 aromatic carbocycles. The minimum absolute atomic E-state index is 0.00377. The lowest BCUT2D eigenvalue weighted by molar-refractivity contribution is -0.139. The number of thioether (sulfide) groups is 1. The number of carbonyl (C=O) groups excluding carboxylic acids is 2. The smallest absolute Gasteiger partial charge is 0.243 e. The van der Waals surface area contributed by atoms with Gasteiger partial charge in [0.15, 0.2) is 0 Å². The summed E-state index contributed by atoms with van der Waals surface area (Å²) >= 11 is 7.65. The van der Waals surface area contributed by atoms with Crippen LogP contribution in [0.15, 0.2) is 48.5 Å². The third-order valence-electron chi connectivity index (χ3n) is 6.32. The predicted molar refractivity (Wildman–Crippen MR) is 138 cm³/mol. The van der Waals surface area contributed by atoms with E-state index in [1.54, 1.807) is 16.7 Å². The highest BCUT2D eigenvalue weighted by atomic mass is 35.5. The Hall–Kier alpha value is -1.98. The summed E-state index contributed by atoms with van der Waals surface area (Å²) in [4.78, 5) is 28.5.